The number of hydrogen-bond acceptors (Lipinski definition) is 5. The molecule has 2 rings (SSSR count). The number of hydrogen-bond donors (Lipinski definition) is 1. The second-order valence-electron chi connectivity index (χ2n) is 5.03. The molecule has 1 atom stereocenters. The van der Waals surface area contributed by atoms with E-state index in [4.69, 9.17) is 0 Å². The van der Waals surface area contributed by atoms with Crippen LogP contribution in [-0.4, -0.2) is 25.6 Å². The van der Waals surface area contributed by atoms with E-state index in [0.29, 0.717) is 12.1 Å². The Balaban J connectivity index is 2.16. The zero-order valence-corrected chi connectivity index (χ0v) is 14.3. The van der Waals surface area contributed by atoms with Gasteiger partial charge in [-0.3, -0.25) is 4.79 Å². The number of thiazole rings is 1. The smallest absolute Gasteiger partial charge is 0.271 e. The fraction of sp³-hybridized carbons (Fsp3) is 0.333. The van der Waals surface area contributed by atoms with Gasteiger partial charge in [-0.15, -0.1) is 11.3 Å². The van der Waals surface area contributed by atoms with Gasteiger partial charge in [0, 0.05) is 11.6 Å². The van der Waals surface area contributed by atoms with Gasteiger partial charge in [-0.25, -0.2) is 13.4 Å². The van der Waals surface area contributed by atoms with Crippen molar-refractivity contribution in [2.75, 3.05) is 6.26 Å². The maximum Gasteiger partial charge on any atom is 0.271 e. The summed E-state index contributed by atoms with van der Waals surface area (Å²) >= 11 is 1.43. The van der Waals surface area contributed by atoms with Crippen LogP contribution >= 0.6 is 11.3 Å². The fourth-order valence-electron chi connectivity index (χ4n) is 2.07. The average molecular weight is 338 g/mol. The molecule has 2 aromatic rings. The van der Waals surface area contributed by atoms with Crippen LogP contribution in [0.1, 0.15) is 40.4 Å². The van der Waals surface area contributed by atoms with Gasteiger partial charge in [0.1, 0.15) is 5.69 Å². The molecular weight excluding hydrogens is 320 g/mol. The van der Waals surface area contributed by atoms with Crippen molar-refractivity contribution in [1.29, 1.82) is 0 Å². The molecule has 0 unspecified atom stereocenters. The van der Waals surface area contributed by atoms with Crippen molar-refractivity contribution in [1.82, 2.24) is 10.3 Å². The van der Waals surface area contributed by atoms with Crippen LogP contribution in [0.25, 0.3) is 0 Å². The molecule has 0 spiro atoms. The minimum absolute atomic E-state index is 0.178. The van der Waals surface area contributed by atoms with Crippen LogP contribution in [0.3, 0.4) is 0 Å². The van der Waals surface area contributed by atoms with Crippen molar-refractivity contribution < 1.29 is 13.2 Å². The highest BCUT2D eigenvalue weighted by atomic mass is 32.2. The Bertz CT molecular complexity index is 764. The van der Waals surface area contributed by atoms with E-state index >= 15 is 0 Å². The summed E-state index contributed by atoms with van der Waals surface area (Å²) in [6.07, 6.45) is 1.87. The number of rotatable bonds is 5. The molecule has 1 heterocycles. The summed E-state index contributed by atoms with van der Waals surface area (Å²) in [6.45, 7) is 3.81. The largest absolute Gasteiger partial charge is 0.344 e. The molecule has 0 bridgehead atoms. The van der Waals surface area contributed by atoms with Crippen LogP contribution in [0.5, 0.6) is 0 Å². The van der Waals surface area contributed by atoms with E-state index in [1.807, 2.05) is 13.8 Å². The summed E-state index contributed by atoms with van der Waals surface area (Å²) in [7, 11) is -3.21. The number of benzene rings is 1. The lowest BCUT2D eigenvalue weighted by Crippen LogP contribution is -2.28. The fourth-order valence-corrected chi connectivity index (χ4v) is 3.29. The molecule has 0 radical (unpaired) electrons. The lowest BCUT2D eigenvalue weighted by atomic mass is 10.0. The van der Waals surface area contributed by atoms with E-state index < -0.39 is 9.84 Å². The van der Waals surface area contributed by atoms with E-state index in [2.05, 4.69) is 10.3 Å². The van der Waals surface area contributed by atoms with Gasteiger partial charge in [-0.2, -0.15) is 0 Å². The summed E-state index contributed by atoms with van der Waals surface area (Å²) in [5, 5.41) is 5.50. The van der Waals surface area contributed by atoms with Gasteiger partial charge in [-0.1, -0.05) is 19.1 Å². The van der Waals surface area contributed by atoms with Gasteiger partial charge in [0.15, 0.2) is 9.84 Å². The second kappa shape index (κ2) is 6.58. The predicted molar refractivity (Wildman–Crippen MR) is 86.9 cm³/mol. The number of carbonyl (C=O) groups is 1. The van der Waals surface area contributed by atoms with Crippen molar-refractivity contribution in [2.45, 2.75) is 31.2 Å². The lowest BCUT2D eigenvalue weighted by molar-refractivity contribution is 0.0931. The highest BCUT2D eigenvalue weighted by Gasteiger charge is 2.16. The highest BCUT2D eigenvalue weighted by Crippen LogP contribution is 2.20. The molecule has 1 aromatic carbocycles. The first-order valence-corrected chi connectivity index (χ1v) is 9.61. The highest BCUT2D eigenvalue weighted by molar-refractivity contribution is 7.90. The molecule has 0 saturated heterocycles. The Morgan fingerprint density at radius 1 is 1.32 bits per heavy atom. The molecule has 5 nitrogen and oxygen atoms in total. The Kier molecular flexibility index (Phi) is 4.97. The first kappa shape index (κ1) is 16.6. The Labute approximate surface area is 134 Å². The summed E-state index contributed by atoms with van der Waals surface area (Å²) < 4.78 is 22.9. The monoisotopic (exact) mass is 338 g/mol. The third-order valence-corrected chi connectivity index (χ3v) is 5.18. The minimum Gasteiger partial charge on any atom is -0.344 e. The van der Waals surface area contributed by atoms with E-state index in [1.54, 1.807) is 29.6 Å². The van der Waals surface area contributed by atoms with Gasteiger partial charge in [0.05, 0.1) is 15.9 Å². The molecule has 0 fully saturated rings. The maximum atomic E-state index is 12.2. The van der Waals surface area contributed by atoms with Gasteiger partial charge in [0.2, 0.25) is 0 Å². The first-order chi connectivity index (χ1) is 10.3. The van der Waals surface area contributed by atoms with Gasteiger partial charge < -0.3 is 5.32 Å². The van der Waals surface area contributed by atoms with E-state index in [-0.39, 0.29) is 16.8 Å². The standard InChI is InChI=1S/C15H18N2O3S2/c1-4-13(17-15(18)14-9-21-10(2)16-14)11-5-7-12(8-6-11)22(3,19)20/h5-9,13H,4H2,1-3H3,(H,17,18)/t13-/m0/s1. The number of aromatic nitrogens is 1. The number of sulfone groups is 1. The van der Waals surface area contributed by atoms with Crippen molar-refractivity contribution in [3.63, 3.8) is 0 Å². The van der Waals surface area contributed by atoms with Crippen LogP contribution < -0.4 is 5.32 Å². The number of nitrogens with zero attached hydrogens (tertiary/aromatic N) is 1. The molecule has 118 valence electrons. The molecule has 1 amide bonds. The Hall–Kier alpha value is -1.73. The van der Waals surface area contributed by atoms with Crippen molar-refractivity contribution in [3.8, 4) is 0 Å². The van der Waals surface area contributed by atoms with Crippen LogP contribution in [0.15, 0.2) is 34.5 Å². The molecule has 22 heavy (non-hydrogen) atoms. The number of amides is 1. The van der Waals surface area contributed by atoms with Crippen LogP contribution in [0.2, 0.25) is 0 Å². The number of aryl methyl sites for hydroxylation is 1. The molecule has 1 aromatic heterocycles. The van der Waals surface area contributed by atoms with E-state index in [9.17, 15) is 13.2 Å². The Morgan fingerprint density at radius 3 is 2.41 bits per heavy atom. The Morgan fingerprint density at radius 2 is 1.95 bits per heavy atom. The van der Waals surface area contributed by atoms with Gasteiger partial charge in [0.25, 0.3) is 5.91 Å². The number of carbonyl (C=O) groups excluding carboxylic acids is 1. The van der Waals surface area contributed by atoms with E-state index in [1.165, 1.54) is 17.6 Å². The molecule has 1 N–H and O–H groups in total. The SMILES string of the molecule is CC[C@H](NC(=O)c1csc(C)n1)c1ccc(S(C)(=O)=O)cc1. The van der Waals surface area contributed by atoms with Crippen LogP contribution in [0, 0.1) is 6.92 Å². The maximum absolute atomic E-state index is 12.2. The third kappa shape index (κ3) is 3.92. The van der Waals surface area contributed by atoms with Crippen molar-refractivity contribution in [3.05, 3.63) is 45.9 Å². The van der Waals surface area contributed by atoms with E-state index in [0.717, 1.165) is 10.6 Å². The van der Waals surface area contributed by atoms with Crippen molar-refractivity contribution in [2.24, 2.45) is 0 Å². The quantitative estimate of drug-likeness (QED) is 0.909. The third-order valence-electron chi connectivity index (χ3n) is 3.28. The second-order valence-corrected chi connectivity index (χ2v) is 8.11. The molecule has 0 aliphatic rings. The number of nitrogens with one attached hydrogen (secondary N) is 1. The van der Waals surface area contributed by atoms with Crippen LogP contribution in [-0.2, 0) is 9.84 Å². The summed E-state index contributed by atoms with van der Waals surface area (Å²) in [6, 6.07) is 6.41. The summed E-state index contributed by atoms with van der Waals surface area (Å²) in [5.74, 6) is -0.219. The molecule has 0 saturated carbocycles. The molecular formula is C15H18N2O3S2. The average Bonchev–Trinajstić information content (AvgIpc) is 2.90. The predicted octanol–water partition coefficient (Wildman–Crippen LogP) is 2.74. The van der Waals surface area contributed by atoms with Gasteiger partial charge in [-0.05, 0) is 31.0 Å². The zero-order chi connectivity index (χ0) is 16.3. The normalized spacial score (nSPS) is 12.9. The minimum atomic E-state index is -3.21. The molecule has 0 aliphatic heterocycles. The summed E-state index contributed by atoms with van der Waals surface area (Å²) in [5.41, 5.74) is 1.28. The topological polar surface area (TPSA) is 76.1 Å². The summed E-state index contributed by atoms with van der Waals surface area (Å²) in [4.78, 5) is 16.6. The van der Waals surface area contributed by atoms with Crippen LogP contribution in [0.4, 0.5) is 0 Å². The lowest BCUT2D eigenvalue weighted by Gasteiger charge is -2.17. The molecule has 0 aliphatic carbocycles. The van der Waals surface area contributed by atoms with Gasteiger partial charge >= 0.3 is 0 Å². The first-order valence-electron chi connectivity index (χ1n) is 6.84. The molecule has 7 heteroatoms. The van der Waals surface area contributed by atoms with Crippen molar-refractivity contribution >= 4 is 27.1 Å². The zero-order valence-electron chi connectivity index (χ0n) is 12.7.